The molecule has 0 saturated heterocycles. The molecule has 26 heavy (non-hydrogen) atoms. The largest absolute Gasteiger partial charge is 0.492 e. The first-order valence-corrected chi connectivity index (χ1v) is 6.96. The summed E-state index contributed by atoms with van der Waals surface area (Å²) in [4.78, 5) is 52.1. The van der Waals surface area contributed by atoms with Crippen LogP contribution in [0.25, 0.3) is 0 Å². The van der Waals surface area contributed by atoms with Crippen LogP contribution in [0.4, 0.5) is 0 Å². The summed E-state index contributed by atoms with van der Waals surface area (Å²) in [5, 5.41) is 45.4. The fourth-order valence-corrected chi connectivity index (χ4v) is 2.78. The quantitative estimate of drug-likeness (QED) is 0.232. The molecular weight excluding hydrogens is 356 g/mol. The predicted octanol–water partition coefficient (Wildman–Crippen LogP) is 0.945. The van der Waals surface area contributed by atoms with Crippen LogP contribution in [0, 0.1) is 46.4 Å². The van der Waals surface area contributed by atoms with Crippen LogP contribution in [0.1, 0.15) is 16.8 Å². The monoisotopic (exact) mass is 366 g/mol. The average molecular weight is 366 g/mol. The normalized spacial score (nSPS) is 20.1. The van der Waals surface area contributed by atoms with Crippen molar-refractivity contribution in [2.24, 2.45) is 5.92 Å². The maximum atomic E-state index is 12.6. The highest BCUT2D eigenvalue weighted by Gasteiger charge is 2.78. The Morgan fingerprint density at radius 2 is 1.38 bits per heavy atom. The first kappa shape index (κ1) is 18.6. The van der Waals surface area contributed by atoms with Gasteiger partial charge < -0.3 is 0 Å². The van der Waals surface area contributed by atoms with Gasteiger partial charge in [0.2, 0.25) is 6.42 Å². The number of rotatable bonds is 6. The van der Waals surface area contributed by atoms with Crippen molar-refractivity contribution in [3.63, 3.8) is 0 Å². The van der Waals surface area contributed by atoms with Crippen molar-refractivity contribution >= 4 is 5.78 Å². The SMILES string of the molecule is O=C(c1ccccc1)C1C=CC([N+](=O)[O-])([N+](=O)[O-])CC1([N+](=O)[O-])[N+](=O)[O-]. The van der Waals surface area contributed by atoms with Crippen molar-refractivity contribution in [2.75, 3.05) is 0 Å². The fraction of sp³-hybridized carbons (Fsp3) is 0.308. The molecule has 2 rings (SSSR count). The smallest absolute Gasteiger partial charge is 0.293 e. The summed E-state index contributed by atoms with van der Waals surface area (Å²) < 4.78 is 0. The summed E-state index contributed by atoms with van der Waals surface area (Å²) in [6.07, 6.45) is -0.806. The summed E-state index contributed by atoms with van der Waals surface area (Å²) in [6.45, 7) is 0. The molecule has 0 heterocycles. The van der Waals surface area contributed by atoms with E-state index in [-0.39, 0.29) is 5.56 Å². The number of hydrogen-bond acceptors (Lipinski definition) is 9. The molecule has 0 radical (unpaired) electrons. The van der Waals surface area contributed by atoms with Crippen molar-refractivity contribution in [1.82, 2.24) is 0 Å². The summed E-state index contributed by atoms with van der Waals surface area (Å²) in [5.74, 6) is -3.10. The highest BCUT2D eigenvalue weighted by Crippen LogP contribution is 2.41. The molecule has 1 aliphatic carbocycles. The van der Waals surface area contributed by atoms with E-state index in [1.807, 2.05) is 0 Å². The highest BCUT2D eigenvalue weighted by atomic mass is 16.7. The molecule has 0 amide bonds. The Morgan fingerprint density at radius 1 is 0.885 bits per heavy atom. The lowest BCUT2D eigenvalue weighted by Gasteiger charge is -2.28. The lowest BCUT2D eigenvalue weighted by Crippen LogP contribution is -2.64. The molecule has 0 spiro atoms. The number of carbonyl (C=O) groups excluding carboxylic acids is 1. The fourth-order valence-electron chi connectivity index (χ4n) is 2.78. The van der Waals surface area contributed by atoms with E-state index in [0.29, 0.717) is 12.2 Å². The first-order valence-electron chi connectivity index (χ1n) is 6.96. The van der Waals surface area contributed by atoms with Gasteiger partial charge in [-0.15, -0.1) is 0 Å². The van der Waals surface area contributed by atoms with Crippen molar-refractivity contribution in [3.05, 3.63) is 88.5 Å². The second kappa shape index (κ2) is 6.27. The van der Waals surface area contributed by atoms with Gasteiger partial charge in [0, 0.05) is 5.56 Å². The first-order chi connectivity index (χ1) is 12.1. The van der Waals surface area contributed by atoms with Gasteiger partial charge in [0.15, 0.2) is 11.7 Å². The van der Waals surface area contributed by atoms with Gasteiger partial charge in [-0.25, -0.2) is 0 Å². The van der Waals surface area contributed by atoms with Gasteiger partial charge in [-0.05, 0) is 6.08 Å². The van der Waals surface area contributed by atoms with E-state index in [0.717, 1.165) is 0 Å². The highest BCUT2D eigenvalue weighted by molar-refractivity contribution is 5.99. The summed E-state index contributed by atoms with van der Waals surface area (Å²) >= 11 is 0. The standard InChI is InChI=1S/C13H10N4O9/c18-11(9-4-2-1-3-5-9)10-6-7-12(14(19)20,15(21)22)8-13(10,16(23)24)17(25)26/h1-7,10H,8H2. The van der Waals surface area contributed by atoms with E-state index in [1.54, 1.807) is 0 Å². The minimum atomic E-state index is -3.46. The Balaban J connectivity index is 2.72. The molecule has 0 fully saturated rings. The minimum Gasteiger partial charge on any atom is -0.293 e. The van der Waals surface area contributed by atoms with Crippen LogP contribution < -0.4 is 0 Å². The number of Topliss-reactive ketones (excluding diaryl/α,β-unsaturated/α-hetero) is 1. The lowest BCUT2D eigenvalue weighted by molar-refractivity contribution is -0.844. The molecule has 0 N–H and O–H groups in total. The molecule has 13 nitrogen and oxygen atoms in total. The van der Waals surface area contributed by atoms with E-state index >= 15 is 0 Å². The van der Waals surface area contributed by atoms with E-state index in [1.165, 1.54) is 30.3 Å². The molecule has 1 atom stereocenters. The van der Waals surface area contributed by atoms with Crippen LogP contribution in [0.5, 0.6) is 0 Å². The van der Waals surface area contributed by atoms with Gasteiger partial charge in [-0.2, -0.15) is 0 Å². The maximum Gasteiger partial charge on any atom is 0.492 e. The van der Waals surface area contributed by atoms with Crippen LogP contribution in [0.3, 0.4) is 0 Å². The molecule has 1 aromatic carbocycles. The van der Waals surface area contributed by atoms with Gasteiger partial charge in [0.1, 0.15) is 19.7 Å². The average Bonchev–Trinajstić information content (AvgIpc) is 2.60. The Hall–Kier alpha value is -3.77. The molecular formula is C13H10N4O9. The van der Waals surface area contributed by atoms with Crippen LogP contribution in [-0.4, -0.2) is 36.8 Å². The molecule has 0 bridgehead atoms. The van der Waals surface area contributed by atoms with Gasteiger partial charge in [-0.3, -0.25) is 45.3 Å². The predicted molar refractivity (Wildman–Crippen MR) is 81.5 cm³/mol. The van der Waals surface area contributed by atoms with E-state index < -0.39 is 49.1 Å². The zero-order chi connectivity index (χ0) is 19.7. The number of hydrogen-bond donors (Lipinski definition) is 0. The Labute approximate surface area is 143 Å². The van der Waals surface area contributed by atoms with Crippen LogP contribution in [0.15, 0.2) is 42.5 Å². The third-order valence-electron chi connectivity index (χ3n) is 4.18. The van der Waals surface area contributed by atoms with Crippen molar-refractivity contribution < 1.29 is 24.5 Å². The topological polar surface area (TPSA) is 190 Å². The minimum absolute atomic E-state index is 0.107. The second-order valence-electron chi connectivity index (χ2n) is 5.53. The number of ketones is 1. The summed E-state index contributed by atoms with van der Waals surface area (Å²) in [5.41, 5.74) is -6.85. The third-order valence-corrected chi connectivity index (χ3v) is 4.18. The lowest BCUT2D eigenvalue weighted by atomic mass is 9.75. The van der Waals surface area contributed by atoms with Gasteiger partial charge in [0.25, 0.3) is 0 Å². The molecule has 0 saturated carbocycles. The van der Waals surface area contributed by atoms with E-state index in [2.05, 4.69) is 0 Å². The molecule has 136 valence electrons. The molecule has 1 aromatic rings. The molecule has 1 aliphatic rings. The maximum absolute atomic E-state index is 12.6. The summed E-state index contributed by atoms with van der Waals surface area (Å²) in [6, 6.07) is 6.87. The van der Waals surface area contributed by atoms with E-state index in [4.69, 9.17) is 0 Å². The Kier molecular flexibility index (Phi) is 4.48. The van der Waals surface area contributed by atoms with Crippen molar-refractivity contribution in [1.29, 1.82) is 0 Å². The summed E-state index contributed by atoms with van der Waals surface area (Å²) in [7, 11) is 0. The zero-order valence-electron chi connectivity index (χ0n) is 12.8. The van der Waals surface area contributed by atoms with Gasteiger partial charge in [0.05, 0.1) is 6.08 Å². The molecule has 0 aliphatic heterocycles. The number of nitrogens with zero attached hydrogens (tertiary/aromatic N) is 4. The second-order valence-corrected chi connectivity index (χ2v) is 5.53. The van der Waals surface area contributed by atoms with Gasteiger partial charge >= 0.3 is 11.3 Å². The third kappa shape index (κ3) is 2.54. The van der Waals surface area contributed by atoms with Crippen LogP contribution in [-0.2, 0) is 0 Å². The number of nitro groups is 4. The van der Waals surface area contributed by atoms with Crippen LogP contribution in [0.2, 0.25) is 0 Å². The van der Waals surface area contributed by atoms with Crippen molar-refractivity contribution in [3.8, 4) is 0 Å². The molecule has 0 aromatic heterocycles. The number of carbonyl (C=O) groups is 1. The van der Waals surface area contributed by atoms with Crippen LogP contribution >= 0.6 is 0 Å². The van der Waals surface area contributed by atoms with E-state index in [9.17, 15) is 45.3 Å². The Morgan fingerprint density at radius 3 is 1.81 bits per heavy atom. The molecule has 13 heteroatoms. The van der Waals surface area contributed by atoms with Crippen molar-refractivity contribution in [2.45, 2.75) is 17.7 Å². The van der Waals surface area contributed by atoms with Gasteiger partial charge in [-0.1, -0.05) is 30.3 Å². The Bertz CT molecular complexity index is 807. The molecule has 1 unspecified atom stereocenters. The zero-order valence-corrected chi connectivity index (χ0v) is 12.8. The number of benzene rings is 1.